The highest BCUT2D eigenvalue weighted by Crippen LogP contribution is 2.33. The van der Waals surface area contributed by atoms with Crippen molar-refractivity contribution in [1.82, 2.24) is 15.5 Å². The molecule has 0 aliphatic carbocycles. The third kappa shape index (κ3) is 3.00. The lowest BCUT2D eigenvalue weighted by Crippen LogP contribution is -2.23. The second-order valence-electron chi connectivity index (χ2n) is 3.74. The molecule has 0 unspecified atom stereocenters. The van der Waals surface area contributed by atoms with Gasteiger partial charge in [0.05, 0.1) is 27.6 Å². The van der Waals surface area contributed by atoms with Gasteiger partial charge in [0.15, 0.2) is 0 Å². The summed E-state index contributed by atoms with van der Waals surface area (Å²) in [5, 5.41) is 13.1. The Bertz CT molecular complexity index is 577. The Labute approximate surface area is 120 Å². The number of hydrogen-bond acceptors (Lipinski definition) is 3. The summed E-state index contributed by atoms with van der Waals surface area (Å²) in [6.45, 7) is 2.37. The predicted octanol–water partition coefficient (Wildman–Crippen LogP) is 3.21. The van der Waals surface area contributed by atoms with Gasteiger partial charge in [-0.05, 0) is 19.1 Å². The van der Waals surface area contributed by atoms with Gasteiger partial charge >= 0.3 is 0 Å². The van der Waals surface area contributed by atoms with Gasteiger partial charge < -0.3 is 10.6 Å². The number of benzene rings is 1. The average Bonchev–Trinajstić information content (AvgIpc) is 2.82. The van der Waals surface area contributed by atoms with Crippen LogP contribution in [0.5, 0.6) is 0 Å². The molecule has 0 spiro atoms. The quantitative estimate of drug-likeness (QED) is 0.812. The van der Waals surface area contributed by atoms with Gasteiger partial charge in [-0.2, -0.15) is 5.10 Å². The molecule has 0 saturated carbocycles. The second kappa shape index (κ2) is 5.95. The molecular formula is C12H12Cl2N4O. The number of nitrogens with one attached hydrogen (secondary N) is 3. The highest BCUT2D eigenvalue weighted by Gasteiger charge is 2.15. The summed E-state index contributed by atoms with van der Waals surface area (Å²) >= 11 is 12.1. The van der Waals surface area contributed by atoms with Crippen LogP contribution in [0.3, 0.4) is 0 Å². The molecule has 1 amide bonds. The molecule has 0 saturated heterocycles. The Morgan fingerprint density at radius 3 is 2.68 bits per heavy atom. The summed E-state index contributed by atoms with van der Waals surface area (Å²) in [5.41, 5.74) is 1.39. The topological polar surface area (TPSA) is 69.8 Å². The van der Waals surface area contributed by atoms with Gasteiger partial charge in [0, 0.05) is 6.54 Å². The number of hydrogen-bond donors (Lipinski definition) is 3. The van der Waals surface area contributed by atoms with Crippen LogP contribution in [-0.4, -0.2) is 22.6 Å². The Balaban J connectivity index is 2.30. The van der Waals surface area contributed by atoms with Crippen LogP contribution in [0.2, 0.25) is 10.0 Å². The SMILES string of the molecule is CCNC(=O)c1[nH]ncc1Nc1c(Cl)cccc1Cl. The Morgan fingerprint density at radius 2 is 2.05 bits per heavy atom. The van der Waals surface area contributed by atoms with Crippen molar-refractivity contribution in [3.8, 4) is 0 Å². The van der Waals surface area contributed by atoms with Crippen LogP contribution in [0.15, 0.2) is 24.4 Å². The maximum atomic E-state index is 11.8. The van der Waals surface area contributed by atoms with Crippen molar-refractivity contribution in [2.24, 2.45) is 0 Å². The van der Waals surface area contributed by atoms with Crippen LogP contribution in [0, 0.1) is 0 Å². The number of rotatable bonds is 4. The molecule has 5 nitrogen and oxygen atoms in total. The first-order valence-corrected chi connectivity index (χ1v) is 6.41. The highest BCUT2D eigenvalue weighted by molar-refractivity contribution is 6.39. The number of para-hydroxylation sites is 1. The Hall–Kier alpha value is -1.72. The van der Waals surface area contributed by atoms with E-state index in [0.717, 1.165) is 0 Å². The molecule has 1 aromatic heterocycles. The van der Waals surface area contributed by atoms with E-state index >= 15 is 0 Å². The molecule has 0 bridgehead atoms. The van der Waals surface area contributed by atoms with Gasteiger partial charge in [-0.25, -0.2) is 0 Å². The molecule has 0 aliphatic heterocycles. The van der Waals surface area contributed by atoms with E-state index < -0.39 is 0 Å². The zero-order chi connectivity index (χ0) is 13.8. The lowest BCUT2D eigenvalue weighted by atomic mass is 10.3. The molecule has 1 heterocycles. The molecule has 7 heteroatoms. The highest BCUT2D eigenvalue weighted by atomic mass is 35.5. The fourth-order valence-electron chi connectivity index (χ4n) is 1.55. The maximum absolute atomic E-state index is 11.8. The van der Waals surface area contributed by atoms with Crippen molar-refractivity contribution in [3.63, 3.8) is 0 Å². The van der Waals surface area contributed by atoms with Gasteiger partial charge in [0.2, 0.25) is 0 Å². The minimum atomic E-state index is -0.245. The summed E-state index contributed by atoms with van der Waals surface area (Å²) in [6.07, 6.45) is 1.50. The van der Waals surface area contributed by atoms with Crippen LogP contribution in [0.25, 0.3) is 0 Å². The normalized spacial score (nSPS) is 10.3. The molecule has 0 fully saturated rings. The molecule has 0 aliphatic rings. The largest absolute Gasteiger partial charge is 0.351 e. The average molecular weight is 299 g/mol. The van der Waals surface area contributed by atoms with E-state index in [1.54, 1.807) is 18.2 Å². The lowest BCUT2D eigenvalue weighted by Gasteiger charge is -2.10. The third-order valence-corrected chi connectivity index (χ3v) is 3.06. The molecule has 0 atom stereocenters. The van der Waals surface area contributed by atoms with E-state index in [0.29, 0.717) is 33.7 Å². The minimum absolute atomic E-state index is 0.245. The number of aromatic amines is 1. The molecule has 1 aromatic carbocycles. The van der Waals surface area contributed by atoms with Gasteiger partial charge in [-0.15, -0.1) is 0 Å². The lowest BCUT2D eigenvalue weighted by molar-refractivity contribution is 0.0951. The van der Waals surface area contributed by atoms with E-state index in [4.69, 9.17) is 23.2 Å². The molecule has 0 radical (unpaired) electrons. The number of aromatic nitrogens is 2. The van der Waals surface area contributed by atoms with Gasteiger partial charge in [-0.1, -0.05) is 29.3 Å². The number of amides is 1. The standard InChI is InChI=1S/C12H12Cl2N4O/c1-2-15-12(19)11-9(6-16-18-11)17-10-7(13)4-3-5-8(10)14/h3-6,17H,2H2,1H3,(H,15,19)(H,16,18). The van der Waals surface area contributed by atoms with Crippen LogP contribution in [0.4, 0.5) is 11.4 Å². The molecule has 2 aromatic rings. The van der Waals surface area contributed by atoms with Crippen molar-refractivity contribution in [3.05, 3.63) is 40.1 Å². The van der Waals surface area contributed by atoms with Crippen molar-refractivity contribution in [2.75, 3.05) is 11.9 Å². The molecular weight excluding hydrogens is 287 g/mol. The summed E-state index contributed by atoms with van der Waals surface area (Å²) in [5.74, 6) is -0.245. The minimum Gasteiger partial charge on any atom is -0.351 e. The van der Waals surface area contributed by atoms with Crippen molar-refractivity contribution >= 4 is 40.5 Å². The fraction of sp³-hybridized carbons (Fsp3) is 0.167. The van der Waals surface area contributed by atoms with Crippen LogP contribution >= 0.6 is 23.2 Å². The van der Waals surface area contributed by atoms with E-state index in [2.05, 4.69) is 20.8 Å². The predicted molar refractivity (Wildman–Crippen MR) is 76.3 cm³/mol. The monoisotopic (exact) mass is 298 g/mol. The van der Waals surface area contributed by atoms with Gasteiger partial charge in [0.1, 0.15) is 5.69 Å². The zero-order valence-electron chi connectivity index (χ0n) is 10.1. The van der Waals surface area contributed by atoms with E-state index in [1.165, 1.54) is 6.20 Å². The Kier molecular flexibility index (Phi) is 4.29. The number of halogens is 2. The number of carbonyl (C=O) groups is 1. The summed E-state index contributed by atoms with van der Waals surface area (Å²) in [7, 11) is 0. The first-order chi connectivity index (χ1) is 9.13. The number of anilines is 2. The molecule has 3 N–H and O–H groups in total. The summed E-state index contributed by atoms with van der Waals surface area (Å²) in [6, 6.07) is 5.17. The molecule has 19 heavy (non-hydrogen) atoms. The summed E-state index contributed by atoms with van der Waals surface area (Å²) in [4.78, 5) is 11.8. The Morgan fingerprint density at radius 1 is 1.37 bits per heavy atom. The summed E-state index contributed by atoms with van der Waals surface area (Å²) < 4.78 is 0. The van der Waals surface area contributed by atoms with Crippen molar-refractivity contribution in [1.29, 1.82) is 0 Å². The van der Waals surface area contributed by atoms with Crippen LogP contribution < -0.4 is 10.6 Å². The van der Waals surface area contributed by atoms with Gasteiger partial charge in [-0.3, -0.25) is 9.89 Å². The van der Waals surface area contributed by atoms with E-state index in [-0.39, 0.29) is 5.91 Å². The maximum Gasteiger partial charge on any atom is 0.271 e. The molecule has 2 rings (SSSR count). The first-order valence-electron chi connectivity index (χ1n) is 5.66. The smallest absolute Gasteiger partial charge is 0.271 e. The second-order valence-corrected chi connectivity index (χ2v) is 4.55. The van der Waals surface area contributed by atoms with E-state index in [9.17, 15) is 4.79 Å². The van der Waals surface area contributed by atoms with Gasteiger partial charge in [0.25, 0.3) is 5.91 Å². The third-order valence-electron chi connectivity index (χ3n) is 2.43. The van der Waals surface area contributed by atoms with Crippen LogP contribution in [0.1, 0.15) is 17.4 Å². The number of carbonyl (C=O) groups excluding carboxylic acids is 1. The molecule has 100 valence electrons. The van der Waals surface area contributed by atoms with Crippen molar-refractivity contribution in [2.45, 2.75) is 6.92 Å². The first kappa shape index (κ1) is 13.7. The van der Waals surface area contributed by atoms with Crippen molar-refractivity contribution < 1.29 is 4.79 Å². The van der Waals surface area contributed by atoms with Crippen LogP contribution in [-0.2, 0) is 0 Å². The number of nitrogens with zero attached hydrogens (tertiary/aromatic N) is 1. The fourth-order valence-corrected chi connectivity index (χ4v) is 2.05. The number of H-pyrrole nitrogens is 1. The zero-order valence-corrected chi connectivity index (χ0v) is 11.6. The van der Waals surface area contributed by atoms with E-state index in [1.807, 2.05) is 6.92 Å².